The maximum absolute atomic E-state index is 13.7. The van der Waals surface area contributed by atoms with E-state index in [0.717, 1.165) is 32.5 Å². The minimum atomic E-state index is -0.360. The molecule has 0 aliphatic heterocycles. The second-order valence-electron chi connectivity index (χ2n) is 7.86. The maximum Gasteiger partial charge on any atom is 0.262 e. The Bertz CT molecular complexity index is 888. The molecule has 0 saturated heterocycles. The molecule has 1 heterocycles. The standard InChI is InChI=1S/C24H36N4O5/c1-7-27(8-2)14-10-11-17(3)28(16-22(29)25-21-15-18(4)33-26-21)24(30)23-19(31-5)12-9-13-20(23)32-6/h9,12-13,15,17H,7-8,10-11,14,16H2,1-6H3,(H,25,26,29). The first-order chi connectivity index (χ1) is 15.8. The molecule has 1 atom stereocenters. The van der Waals surface area contributed by atoms with Gasteiger partial charge in [-0.15, -0.1) is 0 Å². The predicted octanol–water partition coefficient (Wildman–Crippen LogP) is 3.59. The molecule has 9 heteroatoms. The quantitative estimate of drug-likeness (QED) is 0.488. The van der Waals surface area contributed by atoms with Gasteiger partial charge in [0.25, 0.3) is 5.91 Å². The van der Waals surface area contributed by atoms with Gasteiger partial charge in [-0.05, 0) is 58.5 Å². The summed E-state index contributed by atoms with van der Waals surface area (Å²) in [5.41, 5.74) is 0.295. The predicted molar refractivity (Wildman–Crippen MR) is 127 cm³/mol. The Morgan fingerprint density at radius 3 is 2.30 bits per heavy atom. The molecular formula is C24H36N4O5. The lowest BCUT2D eigenvalue weighted by molar-refractivity contribution is -0.117. The van der Waals surface area contributed by atoms with Gasteiger partial charge in [-0.3, -0.25) is 9.59 Å². The zero-order valence-corrected chi connectivity index (χ0v) is 20.5. The highest BCUT2D eigenvalue weighted by atomic mass is 16.5. The first-order valence-electron chi connectivity index (χ1n) is 11.3. The Kier molecular flexibility index (Phi) is 10.2. The highest BCUT2D eigenvalue weighted by molar-refractivity contribution is 6.02. The third-order valence-electron chi connectivity index (χ3n) is 5.63. The van der Waals surface area contributed by atoms with E-state index in [-0.39, 0.29) is 24.4 Å². The van der Waals surface area contributed by atoms with E-state index in [9.17, 15) is 9.59 Å². The number of anilines is 1. The van der Waals surface area contributed by atoms with E-state index in [1.807, 2.05) is 6.92 Å². The van der Waals surface area contributed by atoms with Crippen molar-refractivity contribution in [2.45, 2.75) is 46.6 Å². The smallest absolute Gasteiger partial charge is 0.262 e. The van der Waals surface area contributed by atoms with Crippen LogP contribution < -0.4 is 14.8 Å². The molecule has 2 amide bonds. The normalized spacial score (nSPS) is 11.8. The number of aryl methyl sites for hydroxylation is 1. The van der Waals surface area contributed by atoms with E-state index in [4.69, 9.17) is 14.0 Å². The average molecular weight is 461 g/mol. The fraction of sp³-hybridized carbons (Fsp3) is 0.542. The molecule has 0 radical (unpaired) electrons. The van der Waals surface area contributed by atoms with Crippen molar-refractivity contribution in [3.05, 3.63) is 35.6 Å². The number of nitrogens with one attached hydrogen (secondary N) is 1. The minimum Gasteiger partial charge on any atom is -0.496 e. The molecule has 0 bridgehead atoms. The molecule has 0 aliphatic rings. The zero-order chi connectivity index (χ0) is 24.4. The number of hydrogen-bond donors (Lipinski definition) is 1. The zero-order valence-electron chi connectivity index (χ0n) is 20.5. The molecule has 0 fully saturated rings. The van der Waals surface area contributed by atoms with Crippen LogP contribution in [0.1, 0.15) is 49.7 Å². The number of benzene rings is 1. The Hall–Kier alpha value is -3.07. The number of amides is 2. The Morgan fingerprint density at radius 2 is 1.79 bits per heavy atom. The molecule has 1 N–H and O–H groups in total. The molecule has 1 unspecified atom stereocenters. The van der Waals surface area contributed by atoms with Crippen molar-refractivity contribution in [3.8, 4) is 11.5 Å². The highest BCUT2D eigenvalue weighted by Gasteiger charge is 2.29. The molecular weight excluding hydrogens is 424 g/mol. The number of aromatic nitrogens is 1. The minimum absolute atomic E-state index is 0.140. The number of rotatable bonds is 13. The third kappa shape index (κ3) is 7.21. The number of ether oxygens (including phenoxy) is 2. The van der Waals surface area contributed by atoms with Crippen LogP contribution in [0.25, 0.3) is 0 Å². The fourth-order valence-electron chi connectivity index (χ4n) is 3.70. The lowest BCUT2D eigenvalue weighted by Gasteiger charge is -2.30. The molecule has 9 nitrogen and oxygen atoms in total. The summed E-state index contributed by atoms with van der Waals surface area (Å²) >= 11 is 0. The first kappa shape index (κ1) is 26.2. The van der Waals surface area contributed by atoms with Crippen molar-refractivity contribution in [1.82, 2.24) is 15.0 Å². The van der Waals surface area contributed by atoms with Crippen LogP contribution >= 0.6 is 0 Å². The summed E-state index contributed by atoms with van der Waals surface area (Å²) in [4.78, 5) is 30.4. The monoisotopic (exact) mass is 460 g/mol. The summed E-state index contributed by atoms with van der Waals surface area (Å²) in [6.45, 7) is 10.7. The topological polar surface area (TPSA) is 97.1 Å². The molecule has 0 saturated carbocycles. The Balaban J connectivity index is 2.25. The van der Waals surface area contributed by atoms with Crippen molar-refractivity contribution in [2.24, 2.45) is 0 Å². The SMILES string of the molecule is CCN(CC)CCCC(C)N(CC(=O)Nc1cc(C)on1)C(=O)c1c(OC)cccc1OC. The van der Waals surface area contributed by atoms with Crippen molar-refractivity contribution >= 4 is 17.6 Å². The number of hydrogen-bond acceptors (Lipinski definition) is 7. The van der Waals surface area contributed by atoms with Crippen LogP contribution in [0.3, 0.4) is 0 Å². The van der Waals surface area contributed by atoms with Gasteiger partial charge in [0.1, 0.15) is 29.4 Å². The van der Waals surface area contributed by atoms with Gasteiger partial charge in [-0.1, -0.05) is 25.1 Å². The van der Waals surface area contributed by atoms with Crippen molar-refractivity contribution in [1.29, 1.82) is 0 Å². The average Bonchev–Trinajstić information content (AvgIpc) is 3.23. The molecule has 1 aromatic heterocycles. The van der Waals surface area contributed by atoms with E-state index in [0.29, 0.717) is 28.6 Å². The van der Waals surface area contributed by atoms with E-state index < -0.39 is 0 Å². The number of carbonyl (C=O) groups is 2. The summed E-state index contributed by atoms with van der Waals surface area (Å²) in [6.07, 6.45) is 1.65. The van der Waals surface area contributed by atoms with Crippen LogP contribution in [0.2, 0.25) is 0 Å². The third-order valence-corrected chi connectivity index (χ3v) is 5.63. The van der Waals surface area contributed by atoms with Crippen molar-refractivity contribution in [3.63, 3.8) is 0 Å². The van der Waals surface area contributed by atoms with Crippen LogP contribution in [0.4, 0.5) is 5.82 Å². The van der Waals surface area contributed by atoms with Gasteiger partial charge in [0, 0.05) is 12.1 Å². The largest absolute Gasteiger partial charge is 0.496 e. The van der Waals surface area contributed by atoms with Gasteiger partial charge in [0.15, 0.2) is 5.82 Å². The van der Waals surface area contributed by atoms with Crippen molar-refractivity contribution < 1.29 is 23.6 Å². The summed E-state index contributed by atoms with van der Waals surface area (Å²) in [6, 6.07) is 6.61. The van der Waals surface area contributed by atoms with Gasteiger partial charge in [0.2, 0.25) is 5.91 Å². The molecule has 182 valence electrons. The highest BCUT2D eigenvalue weighted by Crippen LogP contribution is 2.30. The van der Waals surface area contributed by atoms with Gasteiger partial charge >= 0.3 is 0 Å². The maximum atomic E-state index is 13.7. The number of nitrogens with zero attached hydrogens (tertiary/aromatic N) is 3. The summed E-state index contributed by atoms with van der Waals surface area (Å²) < 4.78 is 15.9. The van der Waals surface area contributed by atoms with Crippen molar-refractivity contribution in [2.75, 3.05) is 45.7 Å². The van der Waals surface area contributed by atoms with Gasteiger partial charge < -0.3 is 29.1 Å². The van der Waals surface area contributed by atoms with Crippen LogP contribution in [-0.2, 0) is 4.79 Å². The first-order valence-corrected chi connectivity index (χ1v) is 11.3. The van der Waals surface area contributed by atoms with Gasteiger partial charge in [-0.25, -0.2) is 0 Å². The number of carbonyl (C=O) groups excluding carboxylic acids is 2. The molecule has 33 heavy (non-hydrogen) atoms. The fourth-order valence-corrected chi connectivity index (χ4v) is 3.70. The summed E-state index contributed by atoms with van der Waals surface area (Å²) in [5, 5.41) is 6.49. The second kappa shape index (κ2) is 12.8. The van der Waals surface area contributed by atoms with Crippen LogP contribution in [-0.4, -0.2) is 73.2 Å². The van der Waals surface area contributed by atoms with Crippen LogP contribution in [0.5, 0.6) is 11.5 Å². The van der Waals surface area contributed by atoms with E-state index in [2.05, 4.69) is 29.2 Å². The van der Waals surface area contributed by atoms with Gasteiger partial charge in [-0.2, -0.15) is 0 Å². The molecule has 1 aromatic carbocycles. The molecule has 2 aromatic rings. The van der Waals surface area contributed by atoms with E-state index in [1.165, 1.54) is 14.2 Å². The van der Waals surface area contributed by atoms with E-state index in [1.54, 1.807) is 36.1 Å². The van der Waals surface area contributed by atoms with Gasteiger partial charge in [0.05, 0.1) is 14.2 Å². The van der Waals surface area contributed by atoms with E-state index >= 15 is 0 Å². The molecule has 0 spiro atoms. The second-order valence-corrected chi connectivity index (χ2v) is 7.86. The lowest BCUT2D eigenvalue weighted by atomic mass is 10.1. The number of methoxy groups -OCH3 is 2. The Labute approximate surface area is 196 Å². The summed E-state index contributed by atoms with van der Waals surface area (Å²) in [7, 11) is 3.01. The molecule has 2 rings (SSSR count). The summed E-state index contributed by atoms with van der Waals surface area (Å²) in [5.74, 6) is 1.00. The molecule has 0 aliphatic carbocycles. The van der Waals surface area contributed by atoms with Crippen LogP contribution in [0.15, 0.2) is 28.8 Å². The van der Waals surface area contributed by atoms with Crippen LogP contribution in [0, 0.1) is 6.92 Å². The lowest BCUT2D eigenvalue weighted by Crippen LogP contribution is -2.44. The Morgan fingerprint density at radius 1 is 1.15 bits per heavy atom.